The second-order valence-electron chi connectivity index (χ2n) is 5.34. The third-order valence-electron chi connectivity index (χ3n) is 3.74. The molecule has 2 N–H and O–H groups in total. The highest BCUT2D eigenvalue weighted by Gasteiger charge is 2.18. The standard InChI is InChI=1S/C17H21N3O2S/c1-5-23-14-8-6-13(7-9-14)12(4)18-16(21)15-10(2)11(3)19-20-17(15)22/h6-9,12H,5H2,1-4H3,(H,18,21)(H,20,22)/t12-/m1/s1. The quantitative estimate of drug-likeness (QED) is 0.826. The Kier molecular flexibility index (Phi) is 5.60. The molecule has 2 aromatic rings. The minimum atomic E-state index is -0.465. The van der Waals surface area contributed by atoms with Crippen molar-refractivity contribution in [2.24, 2.45) is 0 Å². The average Bonchev–Trinajstić information content (AvgIpc) is 2.52. The first-order valence-corrected chi connectivity index (χ1v) is 8.52. The predicted octanol–water partition coefficient (Wildman–Crippen LogP) is 2.99. The highest BCUT2D eigenvalue weighted by molar-refractivity contribution is 7.99. The van der Waals surface area contributed by atoms with Crippen LogP contribution in [0.3, 0.4) is 0 Å². The number of aromatic nitrogens is 2. The first kappa shape index (κ1) is 17.3. The molecule has 1 aromatic carbocycles. The lowest BCUT2D eigenvalue weighted by Gasteiger charge is -2.15. The number of amides is 1. The van der Waals surface area contributed by atoms with Gasteiger partial charge in [0.05, 0.1) is 11.7 Å². The van der Waals surface area contributed by atoms with E-state index in [2.05, 4.69) is 22.4 Å². The van der Waals surface area contributed by atoms with Crippen LogP contribution in [-0.2, 0) is 0 Å². The fourth-order valence-electron chi connectivity index (χ4n) is 2.27. The van der Waals surface area contributed by atoms with Crippen molar-refractivity contribution in [1.29, 1.82) is 0 Å². The van der Waals surface area contributed by atoms with Crippen molar-refractivity contribution in [3.63, 3.8) is 0 Å². The zero-order valence-corrected chi connectivity index (χ0v) is 14.6. The van der Waals surface area contributed by atoms with Gasteiger partial charge in [-0.15, -0.1) is 11.8 Å². The molecule has 6 heteroatoms. The number of benzene rings is 1. The molecule has 5 nitrogen and oxygen atoms in total. The number of nitrogens with one attached hydrogen (secondary N) is 2. The third-order valence-corrected chi connectivity index (χ3v) is 4.63. The smallest absolute Gasteiger partial charge is 0.277 e. The summed E-state index contributed by atoms with van der Waals surface area (Å²) in [6.07, 6.45) is 0. The van der Waals surface area contributed by atoms with E-state index in [0.29, 0.717) is 11.3 Å². The van der Waals surface area contributed by atoms with Gasteiger partial charge in [0.25, 0.3) is 11.5 Å². The molecule has 0 aliphatic rings. The zero-order chi connectivity index (χ0) is 17.0. The molecule has 0 fully saturated rings. The molecular formula is C17H21N3O2S. The van der Waals surface area contributed by atoms with Crippen molar-refractivity contribution < 1.29 is 4.79 Å². The molecule has 1 amide bonds. The van der Waals surface area contributed by atoms with Gasteiger partial charge in [0.2, 0.25) is 0 Å². The van der Waals surface area contributed by atoms with Gasteiger partial charge in [-0.3, -0.25) is 9.59 Å². The number of thioether (sulfide) groups is 1. The van der Waals surface area contributed by atoms with E-state index in [1.165, 1.54) is 4.90 Å². The van der Waals surface area contributed by atoms with Crippen LogP contribution >= 0.6 is 11.8 Å². The predicted molar refractivity (Wildman–Crippen MR) is 93.1 cm³/mol. The number of nitrogens with zero attached hydrogens (tertiary/aromatic N) is 1. The van der Waals surface area contributed by atoms with Gasteiger partial charge in [-0.1, -0.05) is 19.1 Å². The normalized spacial score (nSPS) is 12.0. The van der Waals surface area contributed by atoms with Crippen LogP contribution in [0.4, 0.5) is 0 Å². The van der Waals surface area contributed by atoms with Crippen LogP contribution in [0.25, 0.3) is 0 Å². The van der Waals surface area contributed by atoms with E-state index in [4.69, 9.17) is 0 Å². The highest BCUT2D eigenvalue weighted by atomic mass is 32.2. The Bertz CT molecular complexity index is 753. The number of aryl methyl sites for hydroxylation is 1. The van der Waals surface area contributed by atoms with Crippen LogP contribution in [0.15, 0.2) is 34.0 Å². The number of hydrogen-bond acceptors (Lipinski definition) is 4. The fraction of sp³-hybridized carbons (Fsp3) is 0.353. The number of H-pyrrole nitrogens is 1. The van der Waals surface area contributed by atoms with Crippen LogP contribution in [0.1, 0.15) is 47.1 Å². The Morgan fingerprint density at radius 3 is 2.57 bits per heavy atom. The maximum absolute atomic E-state index is 12.4. The first-order valence-electron chi connectivity index (χ1n) is 7.53. The maximum atomic E-state index is 12.4. The SMILES string of the molecule is CCSc1ccc([C@@H](C)NC(=O)c2c(C)c(C)n[nH]c2=O)cc1. The molecule has 2 rings (SSSR count). The van der Waals surface area contributed by atoms with Gasteiger partial charge in [-0.05, 0) is 49.8 Å². The molecule has 1 aromatic heterocycles. The minimum Gasteiger partial charge on any atom is -0.345 e. The van der Waals surface area contributed by atoms with E-state index in [0.717, 1.165) is 11.3 Å². The van der Waals surface area contributed by atoms with Gasteiger partial charge < -0.3 is 5.32 Å². The minimum absolute atomic E-state index is 0.127. The second kappa shape index (κ2) is 7.46. The van der Waals surface area contributed by atoms with Gasteiger partial charge in [-0.2, -0.15) is 5.10 Å². The molecule has 0 aliphatic carbocycles. The summed E-state index contributed by atoms with van der Waals surface area (Å²) >= 11 is 1.77. The van der Waals surface area contributed by atoms with Crippen molar-refractivity contribution >= 4 is 17.7 Å². The number of carbonyl (C=O) groups excluding carboxylic acids is 1. The second-order valence-corrected chi connectivity index (χ2v) is 6.67. The molecule has 0 unspecified atom stereocenters. The van der Waals surface area contributed by atoms with E-state index in [1.807, 2.05) is 31.2 Å². The van der Waals surface area contributed by atoms with E-state index in [9.17, 15) is 9.59 Å². The molecule has 0 spiro atoms. The summed E-state index contributed by atoms with van der Waals surface area (Å²) in [7, 11) is 0. The maximum Gasteiger partial charge on any atom is 0.277 e. The Balaban J connectivity index is 2.17. The summed E-state index contributed by atoms with van der Waals surface area (Å²) in [6.45, 7) is 7.50. The number of aromatic amines is 1. The van der Waals surface area contributed by atoms with E-state index in [1.54, 1.807) is 25.6 Å². The lowest BCUT2D eigenvalue weighted by atomic mass is 10.1. The fourth-order valence-corrected chi connectivity index (χ4v) is 2.93. The largest absolute Gasteiger partial charge is 0.345 e. The van der Waals surface area contributed by atoms with Gasteiger partial charge in [0.1, 0.15) is 5.56 Å². The Morgan fingerprint density at radius 1 is 1.30 bits per heavy atom. The third kappa shape index (κ3) is 4.01. The van der Waals surface area contributed by atoms with Crippen LogP contribution in [-0.4, -0.2) is 21.9 Å². The van der Waals surface area contributed by atoms with Crippen LogP contribution in [0.2, 0.25) is 0 Å². The number of hydrogen-bond donors (Lipinski definition) is 2. The highest BCUT2D eigenvalue weighted by Crippen LogP contribution is 2.21. The summed E-state index contributed by atoms with van der Waals surface area (Å²) in [6, 6.07) is 7.90. The zero-order valence-electron chi connectivity index (χ0n) is 13.8. The summed E-state index contributed by atoms with van der Waals surface area (Å²) < 4.78 is 0. The lowest BCUT2D eigenvalue weighted by Crippen LogP contribution is -2.33. The van der Waals surface area contributed by atoms with Crippen molar-refractivity contribution in [1.82, 2.24) is 15.5 Å². The Hall–Kier alpha value is -2.08. The van der Waals surface area contributed by atoms with Gasteiger partial charge in [-0.25, -0.2) is 5.10 Å². The van der Waals surface area contributed by atoms with Crippen molar-refractivity contribution in [3.05, 3.63) is 57.0 Å². The molecule has 0 saturated carbocycles. The molecule has 0 radical (unpaired) electrons. The molecular weight excluding hydrogens is 310 g/mol. The van der Waals surface area contributed by atoms with Crippen LogP contribution < -0.4 is 10.9 Å². The van der Waals surface area contributed by atoms with Gasteiger partial charge in [0.15, 0.2) is 0 Å². The number of rotatable bonds is 5. The molecule has 1 atom stereocenters. The summed E-state index contributed by atoms with van der Waals surface area (Å²) in [5.41, 5.74) is 1.91. The average molecular weight is 331 g/mol. The van der Waals surface area contributed by atoms with Crippen molar-refractivity contribution in [2.75, 3.05) is 5.75 Å². The van der Waals surface area contributed by atoms with Crippen molar-refractivity contribution in [2.45, 2.75) is 38.6 Å². The van der Waals surface area contributed by atoms with Crippen LogP contribution in [0.5, 0.6) is 0 Å². The molecule has 1 heterocycles. The molecule has 0 bridgehead atoms. The molecule has 23 heavy (non-hydrogen) atoms. The van der Waals surface area contributed by atoms with E-state index >= 15 is 0 Å². The van der Waals surface area contributed by atoms with Crippen molar-refractivity contribution in [3.8, 4) is 0 Å². The number of carbonyl (C=O) groups is 1. The Morgan fingerprint density at radius 2 is 1.96 bits per heavy atom. The Labute approximate surface area is 139 Å². The van der Waals surface area contributed by atoms with Gasteiger partial charge in [0, 0.05) is 4.90 Å². The van der Waals surface area contributed by atoms with E-state index < -0.39 is 5.56 Å². The first-order chi connectivity index (χ1) is 10.9. The summed E-state index contributed by atoms with van der Waals surface area (Å²) in [5.74, 6) is 0.642. The van der Waals surface area contributed by atoms with Gasteiger partial charge >= 0.3 is 0 Å². The molecule has 0 saturated heterocycles. The van der Waals surface area contributed by atoms with Crippen LogP contribution in [0, 0.1) is 13.8 Å². The topological polar surface area (TPSA) is 74.8 Å². The monoisotopic (exact) mass is 331 g/mol. The molecule has 122 valence electrons. The lowest BCUT2D eigenvalue weighted by molar-refractivity contribution is 0.0937. The molecule has 0 aliphatic heterocycles. The summed E-state index contributed by atoms with van der Waals surface area (Å²) in [4.78, 5) is 25.5. The van der Waals surface area contributed by atoms with E-state index in [-0.39, 0.29) is 17.5 Å². The summed E-state index contributed by atoms with van der Waals surface area (Å²) in [5, 5.41) is 9.10.